The number of amides is 1. The Bertz CT molecular complexity index is 971. The first-order valence-corrected chi connectivity index (χ1v) is 10.2. The van der Waals surface area contributed by atoms with Crippen molar-refractivity contribution in [3.8, 4) is 0 Å². The van der Waals surface area contributed by atoms with Crippen LogP contribution in [0.1, 0.15) is 26.6 Å². The molecule has 0 spiro atoms. The van der Waals surface area contributed by atoms with Crippen molar-refractivity contribution in [2.24, 2.45) is 0 Å². The number of carbonyl (C=O) groups excluding carboxylic acids is 1. The zero-order valence-electron chi connectivity index (χ0n) is 13.6. The zero-order chi connectivity index (χ0) is 17.9. The van der Waals surface area contributed by atoms with Gasteiger partial charge >= 0.3 is 0 Å². The molecule has 1 amide bonds. The van der Waals surface area contributed by atoms with E-state index in [2.05, 4.69) is 5.32 Å². The normalized spacial score (nSPS) is 11.4. The number of thiophene rings is 1. The van der Waals surface area contributed by atoms with Crippen LogP contribution < -0.4 is 5.32 Å². The molecule has 7 heteroatoms. The van der Waals surface area contributed by atoms with Gasteiger partial charge in [-0.3, -0.25) is 4.79 Å². The van der Waals surface area contributed by atoms with E-state index in [1.807, 2.05) is 18.4 Å². The third kappa shape index (κ3) is 4.00. The molecule has 0 radical (unpaired) electrons. The summed E-state index contributed by atoms with van der Waals surface area (Å²) in [6, 6.07) is 11.7. The second kappa shape index (κ2) is 7.25. The molecule has 3 rings (SSSR count). The minimum Gasteiger partial charge on any atom is -0.459 e. The van der Waals surface area contributed by atoms with Crippen molar-refractivity contribution in [3.05, 3.63) is 75.9 Å². The molecule has 1 aromatic carbocycles. The lowest BCUT2D eigenvalue weighted by atomic mass is 10.2. The molecule has 5 nitrogen and oxygen atoms in total. The maximum Gasteiger partial charge on any atom is 0.287 e. The highest BCUT2D eigenvalue weighted by Crippen LogP contribution is 2.20. The van der Waals surface area contributed by atoms with Gasteiger partial charge in [-0.2, -0.15) is 0 Å². The summed E-state index contributed by atoms with van der Waals surface area (Å²) in [5, 5.41) is 4.74. The molecule has 25 heavy (non-hydrogen) atoms. The van der Waals surface area contributed by atoms with E-state index >= 15 is 0 Å². The number of benzene rings is 1. The Hall–Kier alpha value is -2.38. The molecule has 0 saturated heterocycles. The van der Waals surface area contributed by atoms with E-state index in [1.54, 1.807) is 29.5 Å². The van der Waals surface area contributed by atoms with E-state index in [0.29, 0.717) is 12.1 Å². The van der Waals surface area contributed by atoms with Gasteiger partial charge in [0.1, 0.15) is 0 Å². The smallest absolute Gasteiger partial charge is 0.287 e. The van der Waals surface area contributed by atoms with Gasteiger partial charge in [0.05, 0.1) is 23.5 Å². The summed E-state index contributed by atoms with van der Waals surface area (Å²) in [6.45, 7) is 2.36. The van der Waals surface area contributed by atoms with Gasteiger partial charge in [-0.25, -0.2) is 8.42 Å². The monoisotopic (exact) mass is 375 g/mol. The van der Waals surface area contributed by atoms with Gasteiger partial charge in [0.2, 0.25) is 0 Å². The Morgan fingerprint density at radius 2 is 1.92 bits per heavy atom. The van der Waals surface area contributed by atoms with Crippen molar-refractivity contribution < 1.29 is 17.6 Å². The van der Waals surface area contributed by atoms with Crippen LogP contribution in [0.3, 0.4) is 0 Å². The number of furan rings is 1. The van der Waals surface area contributed by atoms with Crippen molar-refractivity contribution in [3.63, 3.8) is 0 Å². The van der Waals surface area contributed by atoms with E-state index in [4.69, 9.17) is 4.42 Å². The molecule has 0 aliphatic heterocycles. The minimum absolute atomic E-state index is 0.0358. The van der Waals surface area contributed by atoms with E-state index in [1.165, 1.54) is 24.5 Å². The number of sulfone groups is 1. The van der Waals surface area contributed by atoms with Gasteiger partial charge < -0.3 is 9.73 Å². The molecule has 130 valence electrons. The van der Waals surface area contributed by atoms with Crippen LogP contribution in [0.2, 0.25) is 0 Å². The highest BCUT2D eigenvalue weighted by molar-refractivity contribution is 7.90. The first-order chi connectivity index (χ1) is 12.0. The Balaban J connectivity index is 1.74. The van der Waals surface area contributed by atoms with Crippen molar-refractivity contribution in [2.45, 2.75) is 24.1 Å². The Kier molecular flexibility index (Phi) is 5.06. The molecule has 0 aliphatic rings. The van der Waals surface area contributed by atoms with Gasteiger partial charge in [0, 0.05) is 10.4 Å². The molecular formula is C18H17NO4S2. The van der Waals surface area contributed by atoms with Crippen molar-refractivity contribution in [1.29, 1.82) is 0 Å². The zero-order valence-corrected chi connectivity index (χ0v) is 15.2. The number of aryl methyl sites for hydroxylation is 1. The number of rotatable bonds is 6. The summed E-state index contributed by atoms with van der Waals surface area (Å²) in [7, 11) is -3.54. The molecule has 2 aromatic heterocycles. The summed E-state index contributed by atoms with van der Waals surface area (Å²) in [5.74, 6) is -0.668. The molecule has 3 aromatic rings. The van der Waals surface area contributed by atoms with Crippen LogP contribution in [0.4, 0.5) is 0 Å². The first-order valence-electron chi connectivity index (χ1n) is 7.63. The molecule has 0 atom stereocenters. The van der Waals surface area contributed by atoms with Crippen LogP contribution >= 0.6 is 11.3 Å². The molecular weight excluding hydrogens is 358 g/mol. The van der Waals surface area contributed by atoms with Gasteiger partial charge in [0.25, 0.3) is 5.91 Å². The molecule has 0 unspecified atom stereocenters. The summed E-state index contributed by atoms with van der Waals surface area (Å²) in [5.41, 5.74) is 1.46. The number of nitrogens with one attached hydrogen (secondary N) is 1. The number of hydrogen-bond donors (Lipinski definition) is 1. The fourth-order valence-electron chi connectivity index (χ4n) is 2.39. The fraction of sp³-hybridized carbons (Fsp3) is 0.167. The standard InChI is InChI=1S/C18H17NO4S2/c1-13-8-10-24-16(13)11-19-18(20)17-14(7-9-23-17)12-25(21,22)15-5-3-2-4-6-15/h2-10H,11-12H2,1H3,(H,19,20). The lowest BCUT2D eigenvalue weighted by molar-refractivity contribution is 0.0922. The third-order valence-electron chi connectivity index (χ3n) is 3.78. The minimum atomic E-state index is -3.54. The maximum atomic E-state index is 12.5. The van der Waals surface area contributed by atoms with Gasteiger partial charge in [-0.1, -0.05) is 18.2 Å². The van der Waals surface area contributed by atoms with E-state index in [-0.39, 0.29) is 16.4 Å². The van der Waals surface area contributed by atoms with E-state index < -0.39 is 15.7 Å². The topological polar surface area (TPSA) is 76.4 Å². The lowest BCUT2D eigenvalue weighted by Crippen LogP contribution is -2.23. The average molecular weight is 375 g/mol. The summed E-state index contributed by atoms with van der Waals surface area (Å²) >= 11 is 1.56. The molecule has 0 saturated carbocycles. The maximum absolute atomic E-state index is 12.5. The molecule has 0 aliphatic carbocycles. The second-order valence-electron chi connectivity index (χ2n) is 5.56. The first kappa shape index (κ1) is 17.4. The largest absolute Gasteiger partial charge is 0.459 e. The van der Waals surface area contributed by atoms with Crippen LogP contribution in [0.5, 0.6) is 0 Å². The van der Waals surface area contributed by atoms with Crippen LogP contribution in [0.25, 0.3) is 0 Å². The fourth-order valence-corrected chi connectivity index (χ4v) is 4.61. The van der Waals surface area contributed by atoms with E-state index in [0.717, 1.165) is 10.4 Å². The van der Waals surface area contributed by atoms with Gasteiger partial charge in [-0.15, -0.1) is 11.3 Å². The number of hydrogen-bond acceptors (Lipinski definition) is 5. The van der Waals surface area contributed by atoms with Gasteiger partial charge in [-0.05, 0) is 42.1 Å². The summed E-state index contributed by atoms with van der Waals surface area (Å²) < 4.78 is 30.2. The summed E-state index contributed by atoms with van der Waals surface area (Å²) in [4.78, 5) is 13.6. The molecule has 1 N–H and O–H groups in total. The average Bonchev–Trinajstić information content (AvgIpc) is 3.22. The number of carbonyl (C=O) groups is 1. The van der Waals surface area contributed by atoms with Crippen LogP contribution in [-0.4, -0.2) is 14.3 Å². The van der Waals surface area contributed by atoms with Crippen LogP contribution in [0.15, 0.2) is 63.4 Å². The van der Waals surface area contributed by atoms with Gasteiger partial charge in [0.15, 0.2) is 15.6 Å². The Labute approximate surface area is 150 Å². The Morgan fingerprint density at radius 1 is 1.16 bits per heavy atom. The van der Waals surface area contributed by atoms with Crippen molar-refractivity contribution in [1.82, 2.24) is 5.32 Å². The SMILES string of the molecule is Cc1ccsc1CNC(=O)c1occc1CS(=O)(=O)c1ccccc1. The predicted molar refractivity (Wildman–Crippen MR) is 96.3 cm³/mol. The van der Waals surface area contributed by atoms with Crippen LogP contribution in [-0.2, 0) is 22.1 Å². The molecule has 2 heterocycles. The summed E-state index contributed by atoms with van der Waals surface area (Å²) in [6.07, 6.45) is 1.33. The lowest BCUT2D eigenvalue weighted by Gasteiger charge is -2.06. The second-order valence-corrected chi connectivity index (χ2v) is 8.55. The van der Waals surface area contributed by atoms with Crippen molar-refractivity contribution in [2.75, 3.05) is 0 Å². The van der Waals surface area contributed by atoms with E-state index in [9.17, 15) is 13.2 Å². The predicted octanol–water partition coefficient (Wildman–Crippen LogP) is 3.55. The molecule has 0 bridgehead atoms. The van der Waals surface area contributed by atoms with Crippen molar-refractivity contribution >= 4 is 27.1 Å². The molecule has 0 fully saturated rings. The highest BCUT2D eigenvalue weighted by atomic mass is 32.2. The third-order valence-corrected chi connectivity index (χ3v) is 6.48. The Morgan fingerprint density at radius 3 is 2.60 bits per heavy atom. The highest BCUT2D eigenvalue weighted by Gasteiger charge is 2.22. The quantitative estimate of drug-likeness (QED) is 0.715. The van der Waals surface area contributed by atoms with Crippen LogP contribution in [0, 0.1) is 6.92 Å².